The molecule has 0 heterocycles. The smallest absolute Gasteiger partial charge is 0.225 e. The van der Waals surface area contributed by atoms with Crippen molar-refractivity contribution in [3.05, 3.63) is 23.2 Å². The summed E-state index contributed by atoms with van der Waals surface area (Å²) in [6, 6.07) is 5.04. The van der Waals surface area contributed by atoms with Crippen LogP contribution in [0, 0.1) is 0 Å². The minimum Gasteiger partial charge on any atom is -0.495 e. The van der Waals surface area contributed by atoms with Crippen LogP contribution in [0.25, 0.3) is 0 Å². The SMILES string of the molecule is COc1cc(NC(=O)CCN)ccc1Cl. The van der Waals surface area contributed by atoms with Gasteiger partial charge in [0.15, 0.2) is 0 Å². The molecule has 0 aliphatic heterocycles. The lowest BCUT2D eigenvalue weighted by Crippen LogP contribution is -2.16. The second kappa shape index (κ2) is 5.58. The molecule has 0 radical (unpaired) electrons. The summed E-state index contributed by atoms with van der Waals surface area (Å²) in [4.78, 5) is 11.2. The van der Waals surface area contributed by atoms with E-state index in [2.05, 4.69) is 5.32 Å². The fourth-order valence-electron chi connectivity index (χ4n) is 1.09. The van der Waals surface area contributed by atoms with Gasteiger partial charge in [0, 0.05) is 24.7 Å². The quantitative estimate of drug-likeness (QED) is 0.824. The number of halogens is 1. The molecule has 0 fully saturated rings. The molecule has 1 amide bonds. The van der Waals surface area contributed by atoms with E-state index in [-0.39, 0.29) is 5.91 Å². The summed E-state index contributed by atoms with van der Waals surface area (Å²) in [7, 11) is 1.52. The number of methoxy groups -OCH3 is 1. The van der Waals surface area contributed by atoms with Crippen LogP contribution in [0.1, 0.15) is 6.42 Å². The Bertz CT molecular complexity index is 355. The number of hydrogen-bond donors (Lipinski definition) is 2. The number of nitrogens with two attached hydrogens (primary N) is 1. The molecule has 1 aromatic carbocycles. The van der Waals surface area contributed by atoms with E-state index >= 15 is 0 Å². The molecular weight excluding hydrogens is 216 g/mol. The van der Waals surface area contributed by atoms with E-state index in [9.17, 15) is 4.79 Å². The molecule has 0 aromatic heterocycles. The zero-order valence-corrected chi connectivity index (χ0v) is 9.17. The molecule has 15 heavy (non-hydrogen) atoms. The first-order chi connectivity index (χ1) is 7.17. The summed E-state index contributed by atoms with van der Waals surface area (Å²) >= 11 is 5.84. The molecule has 1 rings (SSSR count). The second-order valence-electron chi connectivity index (χ2n) is 2.94. The van der Waals surface area contributed by atoms with Crippen molar-refractivity contribution in [3.8, 4) is 5.75 Å². The summed E-state index contributed by atoms with van der Waals surface area (Å²) in [5.41, 5.74) is 5.90. The average Bonchev–Trinajstić information content (AvgIpc) is 2.21. The Balaban J connectivity index is 2.74. The molecule has 4 nitrogen and oxygen atoms in total. The molecule has 82 valence electrons. The molecule has 0 aliphatic rings. The van der Waals surface area contributed by atoms with Gasteiger partial charge in [-0.05, 0) is 12.1 Å². The Morgan fingerprint density at radius 2 is 2.33 bits per heavy atom. The first-order valence-corrected chi connectivity index (χ1v) is 4.88. The van der Waals surface area contributed by atoms with Crippen LogP contribution in [0.4, 0.5) is 5.69 Å². The summed E-state index contributed by atoms with van der Waals surface area (Å²) < 4.78 is 5.02. The molecular formula is C10H13ClN2O2. The molecule has 0 saturated carbocycles. The monoisotopic (exact) mass is 228 g/mol. The van der Waals surface area contributed by atoms with Crippen molar-refractivity contribution in [2.45, 2.75) is 6.42 Å². The van der Waals surface area contributed by atoms with Crippen molar-refractivity contribution in [1.29, 1.82) is 0 Å². The van der Waals surface area contributed by atoms with Crippen LogP contribution in [0.15, 0.2) is 18.2 Å². The third-order valence-electron chi connectivity index (χ3n) is 1.81. The Kier molecular flexibility index (Phi) is 4.39. The van der Waals surface area contributed by atoms with Crippen molar-refractivity contribution in [3.63, 3.8) is 0 Å². The highest BCUT2D eigenvalue weighted by Gasteiger charge is 2.04. The minimum absolute atomic E-state index is 0.123. The number of benzene rings is 1. The number of nitrogens with one attached hydrogen (secondary N) is 1. The van der Waals surface area contributed by atoms with Crippen LogP contribution in [0.5, 0.6) is 5.75 Å². The number of amides is 1. The number of anilines is 1. The van der Waals surface area contributed by atoms with Crippen LogP contribution in [-0.4, -0.2) is 19.6 Å². The number of carbonyl (C=O) groups excluding carboxylic acids is 1. The second-order valence-corrected chi connectivity index (χ2v) is 3.34. The van der Waals surface area contributed by atoms with Gasteiger partial charge in [-0.1, -0.05) is 11.6 Å². The molecule has 0 bridgehead atoms. The minimum atomic E-state index is -0.123. The molecule has 0 aliphatic carbocycles. The van der Waals surface area contributed by atoms with E-state index in [0.29, 0.717) is 29.4 Å². The van der Waals surface area contributed by atoms with Crippen molar-refractivity contribution in [1.82, 2.24) is 0 Å². The predicted octanol–water partition coefficient (Wildman–Crippen LogP) is 1.64. The van der Waals surface area contributed by atoms with Crippen molar-refractivity contribution < 1.29 is 9.53 Å². The Morgan fingerprint density at radius 3 is 2.93 bits per heavy atom. The highest BCUT2D eigenvalue weighted by atomic mass is 35.5. The largest absolute Gasteiger partial charge is 0.495 e. The maximum atomic E-state index is 11.2. The van der Waals surface area contributed by atoms with Gasteiger partial charge in [-0.3, -0.25) is 4.79 Å². The molecule has 1 aromatic rings. The van der Waals surface area contributed by atoms with E-state index < -0.39 is 0 Å². The average molecular weight is 229 g/mol. The predicted molar refractivity (Wildman–Crippen MR) is 60.3 cm³/mol. The summed E-state index contributed by atoms with van der Waals surface area (Å²) in [5.74, 6) is 0.407. The van der Waals surface area contributed by atoms with Gasteiger partial charge >= 0.3 is 0 Å². The van der Waals surface area contributed by atoms with Crippen LogP contribution >= 0.6 is 11.6 Å². The van der Waals surface area contributed by atoms with Gasteiger partial charge in [-0.2, -0.15) is 0 Å². The van der Waals surface area contributed by atoms with Gasteiger partial charge < -0.3 is 15.8 Å². The number of ether oxygens (including phenoxy) is 1. The fourth-order valence-corrected chi connectivity index (χ4v) is 1.29. The van der Waals surface area contributed by atoms with Gasteiger partial charge in [0.25, 0.3) is 0 Å². The molecule has 0 spiro atoms. The number of hydrogen-bond acceptors (Lipinski definition) is 3. The van der Waals surface area contributed by atoms with Gasteiger partial charge in [-0.25, -0.2) is 0 Å². The Morgan fingerprint density at radius 1 is 1.60 bits per heavy atom. The van der Waals surface area contributed by atoms with Crippen molar-refractivity contribution >= 4 is 23.2 Å². The van der Waals surface area contributed by atoms with E-state index in [4.69, 9.17) is 22.1 Å². The highest BCUT2D eigenvalue weighted by molar-refractivity contribution is 6.32. The van der Waals surface area contributed by atoms with Gasteiger partial charge in [-0.15, -0.1) is 0 Å². The van der Waals surface area contributed by atoms with Crippen molar-refractivity contribution in [2.75, 3.05) is 19.0 Å². The zero-order valence-electron chi connectivity index (χ0n) is 8.42. The Hall–Kier alpha value is -1.26. The lowest BCUT2D eigenvalue weighted by Gasteiger charge is -2.07. The third-order valence-corrected chi connectivity index (χ3v) is 2.12. The first kappa shape index (κ1) is 11.8. The van der Waals surface area contributed by atoms with Gasteiger partial charge in [0.2, 0.25) is 5.91 Å². The fraction of sp³-hybridized carbons (Fsp3) is 0.300. The van der Waals surface area contributed by atoms with Crippen LogP contribution in [0.3, 0.4) is 0 Å². The molecule has 5 heteroatoms. The van der Waals surface area contributed by atoms with Crippen molar-refractivity contribution in [2.24, 2.45) is 5.73 Å². The summed E-state index contributed by atoms with van der Waals surface area (Å²) in [5, 5.41) is 3.20. The standard InChI is InChI=1S/C10H13ClN2O2/c1-15-9-6-7(2-3-8(9)11)13-10(14)4-5-12/h2-3,6H,4-5,12H2,1H3,(H,13,14). The molecule has 3 N–H and O–H groups in total. The number of carbonyl (C=O) groups is 1. The lowest BCUT2D eigenvalue weighted by atomic mass is 10.3. The first-order valence-electron chi connectivity index (χ1n) is 4.51. The lowest BCUT2D eigenvalue weighted by molar-refractivity contribution is -0.116. The summed E-state index contributed by atoms with van der Waals surface area (Å²) in [6.45, 7) is 0.330. The van der Waals surface area contributed by atoms with Crippen LogP contribution in [-0.2, 0) is 4.79 Å². The molecule has 0 saturated heterocycles. The number of rotatable bonds is 4. The van der Waals surface area contributed by atoms with E-state index in [1.54, 1.807) is 18.2 Å². The van der Waals surface area contributed by atoms with E-state index in [1.165, 1.54) is 7.11 Å². The van der Waals surface area contributed by atoms with Gasteiger partial charge in [0.1, 0.15) is 5.75 Å². The summed E-state index contributed by atoms with van der Waals surface area (Å²) in [6.07, 6.45) is 0.297. The normalized spacial score (nSPS) is 9.80. The topological polar surface area (TPSA) is 64.3 Å². The van der Waals surface area contributed by atoms with Crippen LogP contribution in [0.2, 0.25) is 5.02 Å². The highest BCUT2D eigenvalue weighted by Crippen LogP contribution is 2.27. The maximum absolute atomic E-state index is 11.2. The van der Waals surface area contributed by atoms with E-state index in [0.717, 1.165) is 0 Å². The zero-order chi connectivity index (χ0) is 11.3. The molecule has 0 unspecified atom stereocenters. The Labute approximate surface area is 93.4 Å². The third kappa shape index (κ3) is 3.42. The maximum Gasteiger partial charge on any atom is 0.225 e. The molecule has 0 atom stereocenters. The van der Waals surface area contributed by atoms with E-state index in [1.807, 2.05) is 0 Å². The van der Waals surface area contributed by atoms with Crippen LogP contribution < -0.4 is 15.8 Å². The van der Waals surface area contributed by atoms with Gasteiger partial charge in [0.05, 0.1) is 12.1 Å².